The predicted octanol–water partition coefficient (Wildman–Crippen LogP) is 1.97. The Hall–Kier alpha value is -1.35. The molecule has 1 aromatic heterocycles. The van der Waals surface area contributed by atoms with Crippen LogP contribution in [-0.4, -0.2) is 41.2 Å². The summed E-state index contributed by atoms with van der Waals surface area (Å²) in [6.45, 7) is 1.08. The molecule has 1 spiro atoms. The highest BCUT2D eigenvalue weighted by Crippen LogP contribution is 2.34. The zero-order chi connectivity index (χ0) is 17.0. The van der Waals surface area contributed by atoms with Gasteiger partial charge in [0.2, 0.25) is 0 Å². The molecule has 0 unspecified atom stereocenters. The molecule has 0 aliphatic carbocycles. The van der Waals surface area contributed by atoms with Gasteiger partial charge in [-0.25, -0.2) is 0 Å². The van der Waals surface area contributed by atoms with Crippen LogP contribution in [0.15, 0.2) is 15.3 Å². The van der Waals surface area contributed by atoms with E-state index in [2.05, 4.69) is 21.2 Å². The number of aryl methyl sites for hydroxylation is 1. The maximum Gasteiger partial charge on any atom is 0.401 e. The number of piperidine rings is 1. The number of nitrogens with one attached hydrogen (secondary N) is 1. The van der Waals surface area contributed by atoms with Crippen molar-refractivity contribution in [1.82, 2.24) is 14.8 Å². The Balaban J connectivity index is 1.94. The molecule has 1 amide bonds. The van der Waals surface area contributed by atoms with Crippen LogP contribution in [0, 0.1) is 6.92 Å². The Labute approximate surface area is 138 Å². The Morgan fingerprint density at radius 3 is 2.48 bits per heavy atom. The third-order valence-electron chi connectivity index (χ3n) is 4.42. The lowest BCUT2D eigenvalue weighted by Gasteiger charge is -2.40. The molecule has 1 N–H and O–H groups in total. The minimum Gasteiger partial charge on any atom is -0.327 e. The van der Waals surface area contributed by atoms with Gasteiger partial charge < -0.3 is 5.32 Å². The van der Waals surface area contributed by atoms with Crippen molar-refractivity contribution in [2.75, 3.05) is 19.6 Å². The van der Waals surface area contributed by atoms with E-state index in [4.69, 9.17) is 0 Å². The highest BCUT2D eigenvalue weighted by molar-refractivity contribution is 9.10. The van der Waals surface area contributed by atoms with Gasteiger partial charge in [0.25, 0.3) is 11.5 Å². The number of nitrogens with zero attached hydrogens (tertiary/aromatic N) is 2. The molecule has 2 aliphatic heterocycles. The van der Waals surface area contributed by atoms with Crippen LogP contribution in [0.4, 0.5) is 13.2 Å². The third kappa shape index (κ3) is 2.80. The molecule has 9 heteroatoms. The maximum absolute atomic E-state index is 12.5. The normalized spacial score (nSPS) is 20.7. The lowest BCUT2D eigenvalue weighted by Crippen LogP contribution is -2.55. The minimum atomic E-state index is -4.25. The molecule has 1 aromatic rings. The molecular weight excluding hydrogens is 379 g/mol. The van der Waals surface area contributed by atoms with Gasteiger partial charge in [-0.1, -0.05) is 0 Å². The first-order valence-corrected chi connectivity index (χ1v) is 7.96. The third-order valence-corrected chi connectivity index (χ3v) is 4.99. The van der Waals surface area contributed by atoms with Crippen LogP contribution in [0.5, 0.6) is 0 Å². The van der Waals surface area contributed by atoms with Gasteiger partial charge in [-0.05, 0) is 34.5 Å². The van der Waals surface area contributed by atoms with E-state index in [1.807, 2.05) is 0 Å². The number of hydrogen-bond donors (Lipinski definition) is 1. The van der Waals surface area contributed by atoms with E-state index in [-0.39, 0.29) is 37.4 Å². The molecule has 1 saturated heterocycles. The first kappa shape index (κ1) is 16.5. The molecule has 0 radical (unpaired) electrons. The largest absolute Gasteiger partial charge is 0.401 e. The first-order chi connectivity index (χ1) is 10.6. The molecule has 2 aliphatic rings. The summed E-state index contributed by atoms with van der Waals surface area (Å²) < 4.78 is 39.3. The van der Waals surface area contributed by atoms with Crippen molar-refractivity contribution in [2.24, 2.45) is 0 Å². The molecule has 1 fully saturated rings. The molecule has 0 saturated carbocycles. The van der Waals surface area contributed by atoms with E-state index in [1.165, 1.54) is 9.47 Å². The SMILES string of the molecule is Cc1cc(Br)c(=O)n2c1C(=O)NC21CCN(CC(F)(F)F)CC1. The molecule has 3 heterocycles. The summed E-state index contributed by atoms with van der Waals surface area (Å²) in [5.41, 5.74) is -0.320. The predicted molar refractivity (Wildman–Crippen MR) is 80.3 cm³/mol. The molecular formula is C14H15BrF3N3O2. The number of likely N-dealkylation sites (tertiary alicyclic amines) is 1. The number of rotatable bonds is 1. The highest BCUT2D eigenvalue weighted by atomic mass is 79.9. The Morgan fingerprint density at radius 2 is 1.91 bits per heavy atom. The van der Waals surface area contributed by atoms with Crippen molar-refractivity contribution < 1.29 is 18.0 Å². The monoisotopic (exact) mass is 393 g/mol. The van der Waals surface area contributed by atoms with Gasteiger partial charge in [0.05, 0.1) is 11.0 Å². The number of fused-ring (bicyclic) bond motifs is 2. The molecule has 126 valence electrons. The van der Waals surface area contributed by atoms with E-state index in [0.717, 1.165) is 0 Å². The Morgan fingerprint density at radius 1 is 1.30 bits per heavy atom. The summed E-state index contributed by atoms with van der Waals surface area (Å²) in [4.78, 5) is 26.0. The Kier molecular flexibility index (Phi) is 3.83. The smallest absolute Gasteiger partial charge is 0.327 e. The fourth-order valence-electron chi connectivity index (χ4n) is 3.40. The number of halogens is 4. The van der Waals surface area contributed by atoms with Gasteiger partial charge in [-0.3, -0.25) is 19.1 Å². The highest BCUT2D eigenvalue weighted by Gasteiger charge is 2.47. The van der Waals surface area contributed by atoms with Crippen molar-refractivity contribution in [3.63, 3.8) is 0 Å². The number of pyridine rings is 1. The molecule has 0 aromatic carbocycles. The van der Waals surface area contributed by atoms with E-state index >= 15 is 0 Å². The van der Waals surface area contributed by atoms with Gasteiger partial charge in [-0.2, -0.15) is 13.2 Å². The van der Waals surface area contributed by atoms with Crippen LogP contribution in [0.2, 0.25) is 0 Å². The zero-order valence-corrected chi connectivity index (χ0v) is 13.9. The average molecular weight is 394 g/mol. The minimum absolute atomic E-state index is 0.164. The standard InChI is InChI=1S/C14H15BrF3N3O2/c1-8-6-9(15)12(23)21-10(8)11(22)19-13(21)2-4-20(5-3-13)7-14(16,17)18/h6H,2-5,7H2,1H3,(H,19,22). The molecule has 5 nitrogen and oxygen atoms in total. The lowest BCUT2D eigenvalue weighted by molar-refractivity contribution is -0.150. The molecule has 0 bridgehead atoms. The van der Waals surface area contributed by atoms with E-state index in [0.29, 0.717) is 15.7 Å². The second kappa shape index (κ2) is 5.34. The summed E-state index contributed by atoms with van der Waals surface area (Å²) in [7, 11) is 0. The summed E-state index contributed by atoms with van der Waals surface area (Å²) in [5, 5.41) is 2.82. The Bertz CT molecular complexity index is 721. The summed E-state index contributed by atoms with van der Waals surface area (Å²) in [6, 6.07) is 1.59. The van der Waals surface area contributed by atoms with Crippen molar-refractivity contribution >= 4 is 21.8 Å². The van der Waals surface area contributed by atoms with Crippen molar-refractivity contribution in [3.8, 4) is 0 Å². The van der Waals surface area contributed by atoms with Crippen LogP contribution in [0.25, 0.3) is 0 Å². The van der Waals surface area contributed by atoms with Crippen LogP contribution in [0.3, 0.4) is 0 Å². The summed E-state index contributed by atoms with van der Waals surface area (Å²) in [6.07, 6.45) is -3.73. The molecule has 0 atom stereocenters. The molecule has 3 rings (SSSR count). The number of aromatic nitrogens is 1. The fourth-order valence-corrected chi connectivity index (χ4v) is 3.92. The van der Waals surface area contributed by atoms with Crippen LogP contribution < -0.4 is 10.9 Å². The van der Waals surface area contributed by atoms with Gasteiger partial charge in [-0.15, -0.1) is 0 Å². The van der Waals surface area contributed by atoms with E-state index in [1.54, 1.807) is 13.0 Å². The quantitative estimate of drug-likeness (QED) is 0.793. The second-order valence-electron chi connectivity index (χ2n) is 6.04. The summed E-state index contributed by atoms with van der Waals surface area (Å²) in [5.74, 6) is -0.351. The topological polar surface area (TPSA) is 54.3 Å². The lowest BCUT2D eigenvalue weighted by atomic mass is 9.97. The average Bonchev–Trinajstić information content (AvgIpc) is 2.71. The van der Waals surface area contributed by atoms with E-state index < -0.39 is 18.4 Å². The van der Waals surface area contributed by atoms with Crippen molar-refractivity contribution in [2.45, 2.75) is 31.6 Å². The van der Waals surface area contributed by atoms with Gasteiger partial charge >= 0.3 is 6.18 Å². The number of alkyl halides is 3. The van der Waals surface area contributed by atoms with Crippen LogP contribution in [0.1, 0.15) is 28.9 Å². The van der Waals surface area contributed by atoms with Gasteiger partial charge in [0.15, 0.2) is 0 Å². The number of hydrogen-bond acceptors (Lipinski definition) is 3. The number of amides is 1. The first-order valence-electron chi connectivity index (χ1n) is 7.17. The zero-order valence-electron chi connectivity index (χ0n) is 12.3. The van der Waals surface area contributed by atoms with Crippen LogP contribution in [-0.2, 0) is 5.66 Å². The number of carbonyl (C=O) groups is 1. The molecule has 23 heavy (non-hydrogen) atoms. The number of carbonyl (C=O) groups excluding carboxylic acids is 1. The van der Waals surface area contributed by atoms with E-state index in [9.17, 15) is 22.8 Å². The maximum atomic E-state index is 12.5. The second-order valence-corrected chi connectivity index (χ2v) is 6.90. The fraction of sp³-hybridized carbons (Fsp3) is 0.571. The van der Waals surface area contributed by atoms with Gasteiger partial charge in [0.1, 0.15) is 11.4 Å². The van der Waals surface area contributed by atoms with Crippen molar-refractivity contribution in [1.29, 1.82) is 0 Å². The van der Waals surface area contributed by atoms with Gasteiger partial charge in [0, 0.05) is 25.9 Å². The van der Waals surface area contributed by atoms with Crippen molar-refractivity contribution in [3.05, 3.63) is 32.2 Å². The van der Waals surface area contributed by atoms with Crippen LogP contribution >= 0.6 is 15.9 Å². The summed E-state index contributed by atoms with van der Waals surface area (Å²) >= 11 is 3.19.